The average molecular weight is 391 g/mol. The molecule has 1 aromatic heterocycles. The number of anilines is 1. The van der Waals surface area contributed by atoms with Crippen molar-refractivity contribution >= 4 is 5.69 Å². The summed E-state index contributed by atoms with van der Waals surface area (Å²) in [5.74, 6) is -0.200. The summed E-state index contributed by atoms with van der Waals surface area (Å²) in [6.07, 6.45) is 1.81. The summed E-state index contributed by atoms with van der Waals surface area (Å²) in [6.45, 7) is 5.63. The van der Waals surface area contributed by atoms with Gasteiger partial charge in [0.25, 0.3) is 0 Å². The summed E-state index contributed by atoms with van der Waals surface area (Å²) >= 11 is 0. The lowest BCUT2D eigenvalue weighted by Gasteiger charge is -2.38. The van der Waals surface area contributed by atoms with Gasteiger partial charge in [0.1, 0.15) is 5.82 Å². The van der Waals surface area contributed by atoms with Crippen LogP contribution < -0.4 is 10.2 Å². The van der Waals surface area contributed by atoms with E-state index in [1.807, 2.05) is 36.5 Å². The van der Waals surface area contributed by atoms with E-state index in [2.05, 4.69) is 50.4 Å². The minimum atomic E-state index is -0.200. The molecular weight excluding hydrogens is 363 g/mol. The van der Waals surface area contributed by atoms with Crippen molar-refractivity contribution in [2.45, 2.75) is 12.6 Å². The van der Waals surface area contributed by atoms with Crippen molar-refractivity contribution in [3.63, 3.8) is 0 Å². The molecule has 3 aromatic rings. The Morgan fingerprint density at radius 3 is 2.28 bits per heavy atom. The van der Waals surface area contributed by atoms with Gasteiger partial charge in [0, 0.05) is 57.2 Å². The number of hydrogen-bond donors (Lipinski definition) is 1. The molecule has 0 bridgehead atoms. The van der Waals surface area contributed by atoms with Gasteiger partial charge in [-0.2, -0.15) is 0 Å². The molecule has 0 aliphatic carbocycles. The molecule has 1 fully saturated rings. The Hall–Kier alpha value is -2.76. The standard InChI is InChI=1S/C24H27FN4/c25-21-11-9-20(10-12-21)24(27-18-22-6-4-5-13-26-22)19-28-14-16-29(17-15-28)23-7-2-1-3-8-23/h1-13,24,27H,14-19H2. The highest BCUT2D eigenvalue weighted by Crippen LogP contribution is 2.19. The van der Waals surface area contributed by atoms with Crippen LogP contribution in [0.3, 0.4) is 0 Å². The second-order valence-corrected chi connectivity index (χ2v) is 7.43. The monoisotopic (exact) mass is 390 g/mol. The maximum absolute atomic E-state index is 13.4. The Balaban J connectivity index is 1.39. The van der Waals surface area contributed by atoms with Crippen molar-refractivity contribution in [2.75, 3.05) is 37.6 Å². The van der Waals surface area contributed by atoms with Crippen LogP contribution in [0.15, 0.2) is 79.0 Å². The first-order valence-corrected chi connectivity index (χ1v) is 10.2. The van der Waals surface area contributed by atoms with E-state index in [9.17, 15) is 4.39 Å². The fourth-order valence-electron chi connectivity index (χ4n) is 3.80. The minimum absolute atomic E-state index is 0.126. The van der Waals surface area contributed by atoms with Crippen molar-refractivity contribution in [1.82, 2.24) is 15.2 Å². The Kier molecular flexibility index (Phi) is 6.49. The molecule has 29 heavy (non-hydrogen) atoms. The first-order valence-electron chi connectivity index (χ1n) is 10.2. The van der Waals surface area contributed by atoms with E-state index in [1.165, 1.54) is 17.8 Å². The lowest BCUT2D eigenvalue weighted by atomic mass is 10.1. The van der Waals surface area contributed by atoms with Crippen LogP contribution in [0.5, 0.6) is 0 Å². The van der Waals surface area contributed by atoms with Crippen LogP contribution in [-0.2, 0) is 6.54 Å². The molecule has 1 saturated heterocycles. The van der Waals surface area contributed by atoms with Crippen LogP contribution >= 0.6 is 0 Å². The van der Waals surface area contributed by atoms with Crippen LogP contribution in [0.25, 0.3) is 0 Å². The maximum atomic E-state index is 13.4. The molecule has 0 radical (unpaired) electrons. The zero-order valence-electron chi connectivity index (χ0n) is 16.5. The number of aromatic nitrogens is 1. The third-order valence-electron chi connectivity index (χ3n) is 5.46. The first kappa shape index (κ1) is 19.6. The SMILES string of the molecule is Fc1ccc(C(CN2CCN(c3ccccc3)CC2)NCc2ccccn2)cc1. The Bertz CT molecular complexity index is 862. The second-order valence-electron chi connectivity index (χ2n) is 7.43. The van der Waals surface area contributed by atoms with E-state index in [4.69, 9.17) is 0 Å². The molecule has 4 rings (SSSR count). The van der Waals surface area contributed by atoms with Gasteiger partial charge in [-0.05, 0) is 42.0 Å². The normalized spacial score (nSPS) is 16.0. The van der Waals surface area contributed by atoms with Crippen LogP contribution in [0.4, 0.5) is 10.1 Å². The quantitative estimate of drug-likeness (QED) is 0.664. The molecule has 5 heteroatoms. The van der Waals surface area contributed by atoms with Gasteiger partial charge in [0.15, 0.2) is 0 Å². The molecule has 0 amide bonds. The van der Waals surface area contributed by atoms with Crippen LogP contribution in [-0.4, -0.2) is 42.6 Å². The highest BCUT2D eigenvalue weighted by molar-refractivity contribution is 5.46. The summed E-state index contributed by atoms with van der Waals surface area (Å²) < 4.78 is 13.4. The molecule has 1 aliphatic heterocycles. The predicted octanol–water partition coefficient (Wildman–Crippen LogP) is 3.87. The number of hydrogen-bond acceptors (Lipinski definition) is 4. The number of piperazine rings is 1. The number of halogens is 1. The number of para-hydroxylation sites is 1. The van der Waals surface area contributed by atoms with Gasteiger partial charge in [-0.3, -0.25) is 9.88 Å². The molecule has 1 N–H and O–H groups in total. The molecule has 150 valence electrons. The van der Waals surface area contributed by atoms with E-state index in [0.29, 0.717) is 6.54 Å². The number of benzene rings is 2. The van der Waals surface area contributed by atoms with Crippen LogP contribution in [0, 0.1) is 5.82 Å². The zero-order valence-corrected chi connectivity index (χ0v) is 16.5. The van der Waals surface area contributed by atoms with E-state index in [1.54, 1.807) is 0 Å². The van der Waals surface area contributed by atoms with E-state index in [-0.39, 0.29) is 11.9 Å². The maximum Gasteiger partial charge on any atom is 0.123 e. The number of rotatable bonds is 7. The van der Waals surface area contributed by atoms with Crippen molar-refractivity contribution < 1.29 is 4.39 Å². The molecule has 2 aromatic carbocycles. The van der Waals surface area contributed by atoms with Gasteiger partial charge < -0.3 is 10.2 Å². The fourth-order valence-corrected chi connectivity index (χ4v) is 3.80. The summed E-state index contributed by atoms with van der Waals surface area (Å²) in [5.41, 5.74) is 3.40. The van der Waals surface area contributed by atoms with Crippen molar-refractivity contribution in [2.24, 2.45) is 0 Å². The highest BCUT2D eigenvalue weighted by Gasteiger charge is 2.21. The third-order valence-corrected chi connectivity index (χ3v) is 5.46. The van der Waals surface area contributed by atoms with Gasteiger partial charge in [-0.25, -0.2) is 4.39 Å². The third kappa shape index (κ3) is 5.40. The molecule has 0 spiro atoms. The van der Waals surface area contributed by atoms with Crippen molar-refractivity contribution in [1.29, 1.82) is 0 Å². The topological polar surface area (TPSA) is 31.4 Å². The average Bonchev–Trinajstić information content (AvgIpc) is 2.79. The molecule has 1 atom stereocenters. The van der Waals surface area contributed by atoms with Gasteiger partial charge in [0.05, 0.1) is 5.69 Å². The molecular formula is C24H27FN4. The largest absolute Gasteiger partial charge is 0.369 e. The number of nitrogens with zero attached hydrogens (tertiary/aromatic N) is 3. The van der Waals surface area contributed by atoms with Gasteiger partial charge in [0.2, 0.25) is 0 Å². The van der Waals surface area contributed by atoms with Gasteiger partial charge in [-0.15, -0.1) is 0 Å². The Labute approximate surface area is 172 Å². The smallest absolute Gasteiger partial charge is 0.123 e. The Morgan fingerprint density at radius 1 is 0.862 bits per heavy atom. The van der Waals surface area contributed by atoms with E-state index in [0.717, 1.165) is 44.0 Å². The minimum Gasteiger partial charge on any atom is -0.369 e. The molecule has 1 aliphatic rings. The molecule has 2 heterocycles. The van der Waals surface area contributed by atoms with Gasteiger partial charge >= 0.3 is 0 Å². The number of nitrogens with one attached hydrogen (secondary N) is 1. The van der Waals surface area contributed by atoms with Gasteiger partial charge in [-0.1, -0.05) is 36.4 Å². The zero-order chi connectivity index (χ0) is 19.9. The summed E-state index contributed by atoms with van der Waals surface area (Å²) in [6, 6.07) is 23.5. The van der Waals surface area contributed by atoms with Crippen LogP contribution in [0.1, 0.15) is 17.3 Å². The Morgan fingerprint density at radius 2 is 1.59 bits per heavy atom. The lowest BCUT2D eigenvalue weighted by Crippen LogP contribution is -2.48. The molecule has 4 nitrogen and oxygen atoms in total. The summed E-state index contributed by atoms with van der Waals surface area (Å²) in [5, 5.41) is 3.62. The highest BCUT2D eigenvalue weighted by atomic mass is 19.1. The second kappa shape index (κ2) is 9.63. The molecule has 1 unspecified atom stereocenters. The summed E-state index contributed by atoms with van der Waals surface area (Å²) in [4.78, 5) is 9.33. The van der Waals surface area contributed by atoms with E-state index >= 15 is 0 Å². The van der Waals surface area contributed by atoms with Crippen molar-refractivity contribution in [3.05, 3.63) is 96.1 Å². The van der Waals surface area contributed by atoms with Crippen LogP contribution in [0.2, 0.25) is 0 Å². The number of pyridine rings is 1. The predicted molar refractivity (Wildman–Crippen MR) is 115 cm³/mol. The van der Waals surface area contributed by atoms with E-state index < -0.39 is 0 Å². The van der Waals surface area contributed by atoms with Crippen molar-refractivity contribution in [3.8, 4) is 0 Å². The summed E-state index contributed by atoms with van der Waals surface area (Å²) in [7, 11) is 0. The fraction of sp³-hybridized carbons (Fsp3) is 0.292. The first-order chi connectivity index (χ1) is 14.3. The lowest BCUT2D eigenvalue weighted by molar-refractivity contribution is 0.228. The molecule has 0 saturated carbocycles.